The van der Waals surface area contributed by atoms with Crippen molar-refractivity contribution in [1.82, 2.24) is 9.97 Å². The highest BCUT2D eigenvalue weighted by Crippen LogP contribution is 2.24. The highest BCUT2D eigenvalue weighted by molar-refractivity contribution is 5.66. The van der Waals surface area contributed by atoms with Gasteiger partial charge < -0.3 is 15.4 Å². The van der Waals surface area contributed by atoms with E-state index in [1.807, 2.05) is 54.6 Å². The van der Waals surface area contributed by atoms with Gasteiger partial charge in [0, 0.05) is 31.0 Å². The average Bonchev–Trinajstić information content (AvgIpc) is 2.64. The van der Waals surface area contributed by atoms with Crippen molar-refractivity contribution < 1.29 is 4.74 Å². The number of aryl methyl sites for hydroxylation is 1. The largest absolute Gasteiger partial charge is 0.383 e. The van der Waals surface area contributed by atoms with Gasteiger partial charge in [-0.15, -0.1) is 0 Å². The monoisotopic (exact) mass is 334 g/mol. The van der Waals surface area contributed by atoms with Gasteiger partial charge in [0.2, 0.25) is 5.95 Å². The Labute approximate surface area is 148 Å². The molecule has 128 valence electrons. The second-order valence-corrected chi connectivity index (χ2v) is 5.69. The van der Waals surface area contributed by atoms with Gasteiger partial charge in [-0.2, -0.15) is 4.98 Å². The summed E-state index contributed by atoms with van der Waals surface area (Å²) in [5.74, 6) is 1.33. The number of hydrogen-bond acceptors (Lipinski definition) is 5. The first-order valence-corrected chi connectivity index (χ1v) is 8.26. The van der Waals surface area contributed by atoms with Crippen molar-refractivity contribution in [3.05, 3.63) is 66.2 Å². The lowest BCUT2D eigenvalue weighted by atomic mass is 10.1. The molecule has 1 heterocycles. The van der Waals surface area contributed by atoms with Gasteiger partial charge in [-0.1, -0.05) is 48.5 Å². The van der Waals surface area contributed by atoms with E-state index in [1.165, 1.54) is 0 Å². The maximum absolute atomic E-state index is 5.10. The van der Waals surface area contributed by atoms with Crippen LogP contribution in [0.3, 0.4) is 0 Å². The first-order chi connectivity index (χ1) is 12.3. The van der Waals surface area contributed by atoms with Crippen molar-refractivity contribution in [2.75, 3.05) is 30.9 Å². The molecule has 2 aromatic carbocycles. The van der Waals surface area contributed by atoms with Crippen molar-refractivity contribution in [3.8, 4) is 11.3 Å². The van der Waals surface area contributed by atoms with Crippen LogP contribution in [-0.4, -0.2) is 30.2 Å². The number of aromatic nitrogens is 2. The minimum Gasteiger partial charge on any atom is -0.383 e. The van der Waals surface area contributed by atoms with E-state index < -0.39 is 0 Å². The van der Waals surface area contributed by atoms with Gasteiger partial charge >= 0.3 is 0 Å². The van der Waals surface area contributed by atoms with Gasteiger partial charge in [0.25, 0.3) is 0 Å². The van der Waals surface area contributed by atoms with Crippen molar-refractivity contribution in [2.24, 2.45) is 0 Å². The number of hydrogen-bond donors (Lipinski definition) is 2. The number of methoxy groups -OCH3 is 1. The Morgan fingerprint density at radius 1 is 0.960 bits per heavy atom. The molecule has 0 amide bonds. The van der Waals surface area contributed by atoms with Crippen molar-refractivity contribution in [2.45, 2.75) is 6.92 Å². The van der Waals surface area contributed by atoms with E-state index in [1.54, 1.807) is 7.11 Å². The molecule has 0 aliphatic carbocycles. The predicted molar refractivity (Wildman–Crippen MR) is 102 cm³/mol. The lowest BCUT2D eigenvalue weighted by Crippen LogP contribution is -2.10. The molecule has 0 unspecified atom stereocenters. The van der Waals surface area contributed by atoms with Gasteiger partial charge in [0.1, 0.15) is 5.82 Å². The second kappa shape index (κ2) is 8.26. The quantitative estimate of drug-likeness (QED) is 0.633. The van der Waals surface area contributed by atoms with Gasteiger partial charge in [-0.05, 0) is 18.6 Å². The normalized spacial score (nSPS) is 10.5. The minimum atomic E-state index is 0.565. The maximum Gasteiger partial charge on any atom is 0.229 e. The van der Waals surface area contributed by atoms with E-state index in [0.717, 1.165) is 28.3 Å². The third-order valence-corrected chi connectivity index (χ3v) is 3.80. The highest BCUT2D eigenvalue weighted by Gasteiger charge is 2.08. The van der Waals surface area contributed by atoms with E-state index >= 15 is 0 Å². The van der Waals surface area contributed by atoms with Crippen LogP contribution in [-0.2, 0) is 4.74 Å². The Bertz CT molecular complexity index is 821. The van der Waals surface area contributed by atoms with Crippen molar-refractivity contribution in [3.63, 3.8) is 0 Å². The third kappa shape index (κ3) is 4.55. The number of rotatable bonds is 7. The number of benzene rings is 2. The standard InChI is InChI=1S/C20H22N4O/c1-15-8-6-7-11-17(15)22-20-23-18(16-9-4-3-5-10-16)14-19(24-20)21-12-13-25-2/h3-11,14H,12-13H2,1-2H3,(H2,21,22,23,24). The summed E-state index contributed by atoms with van der Waals surface area (Å²) in [6.45, 7) is 3.36. The van der Waals surface area contributed by atoms with Crippen LogP contribution in [0.1, 0.15) is 5.56 Å². The molecule has 1 aromatic heterocycles. The first-order valence-electron chi connectivity index (χ1n) is 8.26. The second-order valence-electron chi connectivity index (χ2n) is 5.69. The van der Waals surface area contributed by atoms with Crippen LogP contribution in [0, 0.1) is 6.92 Å². The molecule has 5 nitrogen and oxygen atoms in total. The van der Waals surface area contributed by atoms with E-state index in [9.17, 15) is 0 Å². The Kier molecular flexibility index (Phi) is 5.59. The zero-order valence-electron chi connectivity index (χ0n) is 14.5. The lowest BCUT2D eigenvalue weighted by Gasteiger charge is -2.12. The van der Waals surface area contributed by atoms with Crippen LogP contribution >= 0.6 is 0 Å². The number of nitrogens with zero attached hydrogens (tertiary/aromatic N) is 2. The highest BCUT2D eigenvalue weighted by atomic mass is 16.5. The average molecular weight is 334 g/mol. The fraction of sp³-hybridized carbons (Fsp3) is 0.200. The topological polar surface area (TPSA) is 59.1 Å². The molecule has 0 saturated heterocycles. The number of nitrogens with one attached hydrogen (secondary N) is 2. The summed E-state index contributed by atoms with van der Waals surface area (Å²) in [7, 11) is 1.68. The number of anilines is 3. The summed E-state index contributed by atoms with van der Waals surface area (Å²) in [5, 5.41) is 6.60. The van der Waals surface area contributed by atoms with E-state index in [4.69, 9.17) is 4.74 Å². The molecule has 25 heavy (non-hydrogen) atoms. The first kappa shape index (κ1) is 16.9. The molecule has 5 heteroatoms. The summed E-state index contributed by atoms with van der Waals surface area (Å²) in [6.07, 6.45) is 0. The molecule has 0 bridgehead atoms. The zero-order chi connectivity index (χ0) is 17.5. The van der Waals surface area contributed by atoms with Gasteiger partial charge in [0.15, 0.2) is 0 Å². The summed E-state index contributed by atoms with van der Waals surface area (Å²) < 4.78 is 5.10. The van der Waals surface area contributed by atoms with Crippen LogP contribution in [0.4, 0.5) is 17.5 Å². The summed E-state index contributed by atoms with van der Waals surface area (Å²) in [5.41, 5.74) is 4.06. The molecule has 0 aliphatic heterocycles. The number of para-hydroxylation sites is 1. The van der Waals surface area contributed by atoms with Crippen LogP contribution in [0.5, 0.6) is 0 Å². The molecule has 0 atom stereocenters. The maximum atomic E-state index is 5.10. The Balaban J connectivity index is 1.93. The van der Waals surface area contributed by atoms with E-state index in [2.05, 4.69) is 33.6 Å². The molecule has 0 aliphatic rings. The van der Waals surface area contributed by atoms with Crippen LogP contribution in [0.25, 0.3) is 11.3 Å². The molecular weight excluding hydrogens is 312 g/mol. The summed E-state index contributed by atoms with van der Waals surface area (Å²) in [6, 6.07) is 20.1. The fourth-order valence-corrected chi connectivity index (χ4v) is 2.47. The minimum absolute atomic E-state index is 0.565. The Morgan fingerprint density at radius 3 is 2.48 bits per heavy atom. The molecule has 0 radical (unpaired) electrons. The van der Waals surface area contributed by atoms with E-state index in [-0.39, 0.29) is 0 Å². The van der Waals surface area contributed by atoms with Gasteiger partial charge in [-0.3, -0.25) is 0 Å². The zero-order valence-corrected chi connectivity index (χ0v) is 14.5. The fourth-order valence-electron chi connectivity index (χ4n) is 2.47. The smallest absolute Gasteiger partial charge is 0.229 e. The lowest BCUT2D eigenvalue weighted by molar-refractivity contribution is 0.210. The third-order valence-electron chi connectivity index (χ3n) is 3.80. The number of ether oxygens (including phenoxy) is 1. The Hall–Kier alpha value is -2.92. The van der Waals surface area contributed by atoms with Crippen LogP contribution in [0.2, 0.25) is 0 Å². The summed E-state index contributed by atoms with van der Waals surface area (Å²) >= 11 is 0. The SMILES string of the molecule is COCCNc1cc(-c2ccccc2)nc(Nc2ccccc2C)n1. The molecule has 0 spiro atoms. The van der Waals surface area contributed by atoms with Crippen molar-refractivity contribution in [1.29, 1.82) is 0 Å². The molecule has 2 N–H and O–H groups in total. The van der Waals surface area contributed by atoms with Crippen molar-refractivity contribution >= 4 is 17.5 Å². The van der Waals surface area contributed by atoms with E-state index in [0.29, 0.717) is 19.1 Å². The molecule has 0 saturated carbocycles. The Morgan fingerprint density at radius 2 is 1.72 bits per heavy atom. The molecule has 3 rings (SSSR count). The van der Waals surface area contributed by atoms with Gasteiger partial charge in [0.05, 0.1) is 12.3 Å². The molecule has 3 aromatic rings. The van der Waals surface area contributed by atoms with Gasteiger partial charge in [-0.25, -0.2) is 4.98 Å². The molecule has 0 fully saturated rings. The summed E-state index contributed by atoms with van der Waals surface area (Å²) in [4.78, 5) is 9.25. The predicted octanol–water partition coefficient (Wildman–Crippen LogP) is 4.25. The molecular formula is C20H22N4O. The van der Waals surface area contributed by atoms with Crippen LogP contribution in [0.15, 0.2) is 60.7 Å². The van der Waals surface area contributed by atoms with Crippen LogP contribution < -0.4 is 10.6 Å².